The van der Waals surface area contributed by atoms with E-state index in [1.807, 2.05) is 36.1 Å². The van der Waals surface area contributed by atoms with Crippen LogP contribution in [0.4, 0.5) is 0 Å². The van der Waals surface area contributed by atoms with Crippen LogP contribution in [0.5, 0.6) is 0 Å². The Bertz CT molecular complexity index is 1060. The SMILES string of the molecule is C#CCN(CC(=O)N1CCN(S(=O)(=O)c2ccccc2Cl)CC1)Cc1ccc(C)cc1. The minimum absolute atomic E-state index is 0.0582. The second kappa shape index (κ2) is 10.3. The molecule has 8 heteroatoms. The van der Waals surface area contributed by atoms with E-state index < -0.39 is 10.0 Å². The van der Waals surface area contributed by atoms with Gasteiger partial charge >= 0.3 is 0 Å². The monoisotopic (exact) mass is 459 g/mol. The second-order valence-electron chi connectivity index (χ2n) is 7.55. The highest BCUT2D eigenvalue weighted by molar-refractivity contribution is 7.89. The van der Waals surface area contributed by atoms with Crippen LogP contribution in [0.2, 0.25) is 5.02 Å². The van der Waals surface area contributed by atoms with Gasteiger partial charge in [0, 0.05) is 32.7 Å². The third-order valence-corrected chi connectivity index (χ3v) is 7.64. The molecule has 0 N–H and O–H groups in total. The molecule has 0 aromatic heterocycles. The summed E-state index contributed by atoms with van der Waals surface area (Å²) in [6.07, 6.45) is 5.49. The zero-order chi connectivity index (χ0) is 22.4. The van der Waals surface area contributed by atoms with Crippen LogP contribution in [0.3, 0.4) is 0 Å². The average molecular weight is 460 g/mol. The van der Waals surface area contributed by atoms with E-state index in [0.29, 0.717) is 26.2 Å². The van der Waals surface area contributed by atoms with Crippen LogP contribution >= 0.6 is 11.6 Å². The Morgan fingerprint density at radius 3 is 2.35 bits per heavy atom. The van der Waals surface area contributed by atoms with Gasteiger partial charge in [0.2, 0.25) is 15.9 Å². The lowest BCUT2D eigenvalue weighted by atomic mass is 10.1. The predicted octanol–water partition coefficient (Wildman–Crippen LogP) is 2.62. The van der Waals surface area contributed by atoms with Crippen LogP contribution in [-0.2, 0) is 21.4 Å². The first kappa shape index (κ1) is 23.3. The molecule has 0 bridgehead atoms. The number of carbonyl (C=O) groups is 1. The Kier molecular flexibility index (Phi) is 7.74. The van der Waals surface area contributed by atoms with Crippen molar-refractivity contribution in [2.75, 3.05) is 39.3 Å². The van der Waals surface area contributed by atoms with Gasteiger partial charge in [0.05, 0.1) is 18.1 Å². The van der Waals surface area contributed by atoms with Crippen molar-refractivity contribution in [3.05, 3.63) is 64.7 Å². The summed E-state index contributed by atoms with van der Waals surface area (Å²) >= 11 is 6.08. The minimum atomic E-state index is -3.69. The van der Waals surface area contributed by atoms with Gasteiger partial charge in [-0.1, -0.05) is 59.5 Å². The maximum absolute atomic E-state index is 12.9. The Morgan fingerprint density at radius 2 is 1.74 bits per heavy atom. The van der Waals surface area contributed by atoms with Crippen molar-refractivity contribution in [2.24, 2.45) is 0 Å². The lowest BCUT2D eigenvalue weighted by Crippen LogP contribution is -2.52. The molecule has 1 heterocycles. The number of halogens is 1. The lowest BCUT2D eigenvalue weighted by molar-refractivity contribution is -0.133. The molecule has 164 valence electrons. The molecule has 1 saturated heterocycles. The molecule has 0 saturated carbocycles. The topological polar surface area (TPSA) is 60.9 Å². The molecular weight excluding hydrogens is 434 g/mol. The predicted molar refractivity (Wildman–Crippen MR) is 122 cm³/mol. The highest BCUT2D eigenvalue weighted by atomic mass is 35.5. The zero-order valence-electron chi connectivity index (χ0n) is 17.5. The first-order valence-electron chi connectivity index (χ1n) is 10.0. The largest absolute Gasteiger partial charge is 0.339 e. The molecule has 3 rings (SSSR count). The van der Waals surface area contributed by atoms with E-state index in [1.54, 1.807) is 23.1 Å². The molecule has 2 aromatic carbocycles. The number of amides is 1. The third kappa shape index (κ3) is 5.86. The van der Waals surface area contributed by atoms with Gasteiger partial charge in [-0.25, -0.2) is 8.42 Å². The van der Waals surface area contributed by atoms with E-state index in [1.165, 1.54) is 15.9 Å². The standard InChI is InChI=1S/C23H26ClN3O3S/c1-3-12-25(17-20-10-8-19(2)9-11-20)18-23(28)26-13-15-27(16-14-26)31(29,30)22-7-5-4-6-21(22)24/h1,4-11H,12-18H2,2H3. The summed E-state index contributed by atoms with van der Waals surface area (Å²) in [5.41, 5.74) is 2.26. The number of piperazine rings is 1. The summed E-state index contributed by atoms with van der Waals surface area (Å²) in [4.78, 5) is 16.5. The van der Waals surface area contributed by atoms with Crippen molar-refractivity contribution in [3.8, 4) is 12.3 Å². The molecule has 0 unspecified atom stereocenters. The zero-order valence-corrected chi connectivity index (χ0v) is 19.1. The van der Waals surface area contributed by atoms with Crippen molar-refractivity contribution in [1.82, 2.24) is 14.1 Å². The van der Waals surface area contributed by atoms with Gasteiger partial charge in [0.1, 0.15) is 4.90 Å². The van der Waals surface area contributed by atoms with E-state index in [-0.39, 0.29) is 35.5 Å². The fourth-order valence-corrected chi connectivity index (χ4v) is 5.43. The smallest absolute Gasteiger partial charge is 0.244 e. The molecule has 1 amide bonds. The van der Waals surface area contributed by atoms with E-state index in [0.717, 1.165) is 5.56 Å². The van der Waals surface area contributed by atoms with Crippen molar-refractivity contribution in [2.45, 2.75) is 18.4 Å². The van der Waals surface area contributed by atoms with Gasteiger partial charge in [-0.2, -0.15) is 4.31 Å². The van der Waals surface area contributed by atoms with Gasteiger partial charge in [0.25, 0.3) is 0 Å². The van der Waals surface area contributed by atoms with Crippen molar-refractivity contribution in [1.29, 1.82) is 0 Å². The van der Waals surface area contributed by atoms with Crippen LogP contribution < -0.4 is 0 Å². The lowest BCUT2D eigenvalue weighted by Gasteiger charge is -2.35. The van der Waals surface area contributed by atoms with Crippen LogP contribution in [0.25, 0.3) is 0 Å². The molecule has 1 aliphatic rings. The average Bonchev–Trinajstić information content (AvgIpc) is 2.76. The first-order chi connectivity index (χ1) is 14.8. The Labute approximate surface area is 189 Å². The Morgan fingerprint density at radius 1 is 1.10 bits per heavy atom. The number of rotatable bonds is 7. The molecule has 0 atom stereocenters. The van der Waals surface area contributed by atoms with Gasteiger partial charge in [-0.15, -0.1) is 6.42 Å². The third-order valence-electron chi connectivity index (χ3n) is 5.25. The van der Waals surface area contributed by atoms with Gasteiger partial charge in [-0.05, 0) is 24.6 Å². The molecule has 6 nitrogen and oxygen atoms in total. The summed E-state index contributed by atoms with van der Waals surface area (Å²) in [6, 6.07) is 14.5. The maximum Gasteiger partial charge on any atom is 0.244 e. The fraction of sp³-hybridized carbons (Fsp3) is 0.348. The van der Waals surface area contributed by atoms with Gasteiger partial charge < -0.3 is 4.90 Å². The maximum atomic E-state index is 12.9. The summed E-state index contributed by atoms with van der Waals surface area (Å²) in [6.45, 7) is 4.28. The molecule has 0 aliphatic carbocycles. The van der Waals surface area contributed by atoms with E-state index in [4.69, 9.17) is 18.0 Å². The molecular formula is C23H26ClN3O3S. The Balaban J connectivity index is 1.59. The van der Waals surface area contributed by atoms with E-state index >= 15 is 0 Å². The highest BCUT2D eigenvalue weighted by Crippen LogP contribution is 2.25. The number of carbonyl (C=O) groups excluding carboxylic acids is 1. The quantitative estimate of drug-likeness (QED) is 0.597. The van der Waals surface area contributed by atoms with Crippen LogP contribution in [-0.4, -0.2) is 67.7 Å². The number of hydrogen-bond donors (Lipinski definition) is 0. The molecule has 0 radical (unpaired) electrons. The number of hydrogen-bond acceptors (Lipinski definition) is 4. The summed E-state index contributed by atoms with van der Waals surface area (Å²) < 4.78 is 27.1. The highest BCUT2D eigenvalue weighted by Gasteiger charge is 2.31. The first-order valence-corrected chi connectivity index (χ1v) is 11.9. The molecule has 0 spiro atoms. The summed E-state index contributed by atoms with van der Waals surface area (Å²) in [5.74, 6) is 2.56. The van der Waals surface area contributed by atoms with Crippen LogP contribution in [0.1, 0.15) is 11.1 Å². The summed E-state index contributed by atoms with van der Waals surface area (Å²) in [5, 5.41) is 0.196. The van der Waals surface area contributed by atoms with Crippen molar-refractivity contribution in [3.63, 3.8) is 0 Å². The number of sulfonamides is 1. The molecule has 1 aliphatic heterocycles. The van der Waals surface area contributed by atoms with Crippen LogP contribution in [0.15, 0.2) is 53.4 Å². The number of nitrogens with zero attached hydrogens (tertiary/aromatic N) is 3. The summed E-state index contributed by atoms with van der Waals surface area (Å²) in [7, 11) is -3.69. The minimum Gasteiger partial charge on any atom is -0.339 e. The number of benzene rings is 2. The van der Waals surface area contributed by atoms with Crippen LogP contribution in [0, 0.1) is 19.3 Å². The van der Waals surface area contributed by atoms with Gasteiger partial charge in [-0.3, -0.25) is 9.69 Å². The molecule has 31 heavy (non-hydrogen) atoms. The number of aryl methyl sites for hydroxylation is 1. The normalized spacial score (nSPS) is 15.1. The van der Waals surface area contributed by atoms with E-state index in [9.17, 15) is 13.2 Å². The van der Waals surface area contributed by atoms with Gasteiger partial charge in [0.15, 0.2) is 0 Å². The fourth-order valence-electron chi connectivity index (χ4n) is 3.51. The number of terminal acetylenes is 1. The van der Waals surface area contributed by atoms with Crippen molar-refractivity contribution < 1.29 is 13.2 Å². The Hall–Kier alpha value is -2.37. The second-order valence-corrected chi connectivity index (χ2v) is 9.86. The van der Waals surface area contributed by atoms with Crippen molar-refractivity contribution >= 4 is 27.5 Å². The van der Waals surface area contributed by atoms with E-state index in [2.05, 4.69) is 5.92 Å². The molecule has 1 fully saturated rings. The molecule has 2 aromatic rings.